The number of Topliss-reactive ketones (excluding diaryl/α,β-unsaturated/α-hetero) is 1. The van der Waals surface area contributed by atoms with Crippen LogP contribution >= 0.6 is 11.3 Å². The Bertz CT molecular complexity index is 240. The molecule has 0 amide bonds. The Morgan fingerprint density at radius 1 is 1.60 bits per heavy atom. The summed E-state index contributed by atoms with van der Waals surface area (Å²) >= 11 is 1.47. The lowest BCUT2D eigenvalue weighted by Crippen LogP contribution is -1.92. The van der Waals surface area contributed by atoms with Crippen LogP contribution in [-0.4, -0.2) is 12.9 Å². The first-order valence-electron chi connectivity index (χ1n) is 2.87. The highest BCUT2D eigenvalue weighted by molar-refractivity contribution is 7.08. The second-order valence-corrected chi connectivity index (χ2v) is 2.65. The average molecular weight is 156 g/mol. The number of carbonyl (C=O) groups excluding carboxylic acids is 1. The van der Waals surface area contributed by atoms with Crippen molar-refractivity contribution < 1.29 is 9.53 Å². The molecule has 0 saturated carbocycles. The van der Waals surface area contributed by atoms with Crippen molar-refractivity contribution in [3.05, 3.63) is 16.3 Å². The molecule has 0 fully saturated rings. The molecule has 0 unspecified atom stereocenters. The van der Waals surface area contributed by atoms with Crippen molar-refractivity contribution in [3.63, 3.8) is 0 Å². The van der Waals surface area contributed by atoms with Crippen molar-refractivity contribution in [1.29, 1.82) is 0 Å². The number of thiophene rings is 1. The van der Waals surface area contributed by atoms with Gasteiger partial charge in [-0.1, -0.05) is 0 Å². The molecule has 2 nitrogen and oxygen atoms in total. The Morgan fingerprint density at radius 3 is 2.70 bits per heavy atom. The Morgan fingerprint density at radius 2 is 2.30 bits per heavy atom. The Kier molecular flexibility index (Phi) is 2.06. The fourth-order valence-corrected chi connectivity index (χ4v) is 1.53. The van der Waals surface area contributed by atoms with E-state index in [1.807, 2.05) is 5.38 Å². The van der Waals surface area contributed by atoms with E-state index in [4.69, 9.17) is 4.74 Å². The van der Waals surface area contributed by atoms with Gasteiger partial charge in [0.1, 0.15) is 5.75 Å². The summed E-state index contributed by atoms with van der Waals surface area (Å²) in [5.74, 6) is 0.732. The number of ketones is 1. The van der Waals surface area contributed by atoms with Crippen molar-refractivity contribution in [1.82, 2.24) is 0 Å². The van der Waals surface area contributed by atoms with Crippen LogP contribution in [0, 0.1) is 0 Å². The van der Waals surface area contributed by atoms with E-state index in [2.05, 4.69) is 0 Å². The van der Waals surface area contributed by atoms with Gasteiger partial charge < -0.3 is 4.74 Å². The fraction of sp³-hybridized carbons (Fsp3) is 0.286. The number of carbonyl (C=O) groups is 1. The predicted octanol–water partition coefficient (Wildman–Crippen LogP) is 1.96. The van der Waals surface area contributed by atoms with Crippen LogP contribution in [0.15, 0.2) is 10.8 Å². The molecule has 10 heavy (non-hydrogen) atoms. The highest BCUT2D eigenvalue weighted by Crippen LogP contribution is 2.22. The number of hydrogen-bond donors (Lipinski definition) is 0. The standard InChI is InChI=1S/C7H8O2S/c1-5(8)6-3-10-4-7(6)9-2/h3-4H,1-2H3. The first-order chi connectivity index (χ1) is 4.75. The summed E-state index contributed by atoms with van der Waals surface area (Å²) in [5.41, 5.74) is 0.674. The summed E-state index contributed by atoms with van der Waals surface area (Å²) in [6.07, 6.45) is 0. The molecule has 3 heteroatoms. The zero-order valence-corrected chi connectivity index (χ0v) is 6.70. The molecule has 0 N–H and O–H groups in total. The third-order valence-electron chi connectivity index (χ3n) is 1.23. The molecule has 0 aliphatic heterocycles. The van der Waals surface area contributed by atoms with E-state index in [0.29, 0.717) is 11.3 Å². The van der Waals surface area contributed by atoms with Crippen molar-refractivity contribution in [2.45, 2.75) is 6.92 Å². The monoisotopic (exact) mass is 156 g/mol. The largest absolute Gasteiger partial charge is 0.495 e. The molecule has 54 valence electrons. The minimum Gasteiger partial charge on any atom is -0.495 e. The molecule has 1 aromatic heterocycles. The van der Waals surface area contributed by atoms with Crippen LogP contribution in [-0.2, 0) is 0 Å². The van der Waals surface area contributed by atoms with E-state index < -0.39 is 0 Å². The van der Waals surface area contributed by atoms with Crippen molar-refractivity contribution in [3.8, 4) is 5.75 Å². The summed E-state index contributed by atoms with van der Waals surface area (Å²) in [5, 5.41) is 3.61. The van der Waals surface area contributed by atoms with E-state index in [9.17, 15) is 4.79 Å². The van der Waals surface area contributed by atoms with Gasteiger partial charge in [0.15, 0.2) is 5.78 Å². The third kappa shape index (κ3) is 1.19. The smallest absolute Gasteiger partial charge is 0.164 e. The van der Waals surface area contributed by atoms with Crippen LogP contribution in [0.4, 0.5) is 0 Å². The van der Waals surface area contributed by atoms with Gasteiger partial charge in [-0.3, -0.25) is 4.79 Å². The fourth-order valence-electron chi connectivity index (χ4n) is 0.700. The maximum atomic E-state index is 10.8. The SMILES string of the molecule is COc1cscc1C(C)=O. The number of methoxy groups -OCH3 is 1. The molecule has 0 atom stereocenters. The van der Waals surface area contributed by atoms with Crippen LogP contribution in [0.2, 0.25) is 0 Å². The van der Waals surface area contributed by atoms with Crippen molar-refractivity contribution in [2.24, 2.45) is 0 Å². The van der Waals surface area contributed by atoms with Gasteiger partial charge in [-0.15, -0.1) is 11.3 Å². The molecule has 0 aliphatic carbocycles. The summed E-state index contributed by atoms with van der Waals surface area (Å²) in [6, 6.07) is 0. The highest BCUT2D eigenvalue weighted by Gasteiger charge is 2.06. The molecule has 1 heterocycles. The molecular weight excluding hydrogens is 148 g/mol. The van der Waals surface area contributed by atoms with Gasteiger partial charge in [0.25, 0.3) is 0 Å². The van der Waals surface area contributed by atoms with Gasteiger partial charge in [0.2, 0.25) is 0 Å². The molecule has 0 bridgehead atoms. The molecule has 0 aromatic carbocycles. The third-order valence-corrected chi connectivity index (χ3v) is 1.95. The van der Waals surface area contributed by atoms with Gasteiger partial charge >= 0.3 is 0 Å². The first-order valence-corrected chi connectivity index (χ1v) is 3.81. The molecule has 0 aliphatic rings. The summed E-state index contributed by atoms with van der Waals surface area (Å²) in [4.78, 5) is 10.8. The van der Waals surface area contributed by atoms with Crippen LogP contribution in [0.25, 0.3) is 0 Å². The minimum atomic E-state index is 0.0538. The summed E-state index contributed by atoms with van der Waals surface area (Å²) in [6.45, 7) is 1.53. The van der Waals surface area contributed by atoms with Crippen molar-refractivity contribution in [2.75, 3.05) is 7.11 Å². The second kappa shape index (κ2) is 2.84. The van der Waals surface area contributed by atoms with Gasteiger partial charge in [-0.05, 0) is 6.92 Å². The minimum absolute atomic E-state index is 0.0538. The predicted molar refractivity (Wildman–Crippen MR) is 40.9 cm³/mol. The average Bonchev–Trinajstić information content (AvgIpc) is 2.33. The lowest BCUT2D eigenvalue weighted by molar-refractivity contribution is 0.101. The lowest BCUT2D eigenvalue weighted by atomic mass is 10.2. The van der Waals surface area contributed by atoms with Gasteiger partial charge in [-0.2, -0.15) is 0 Å². The molecular formula is C7H8O2S. The van der Waals surface area contributed by atoms with Crippen molar-refractivity contribution >= 4 is 17.1 Å². The molecule has 0 saturated heterocycles. The quantitative estimate of drug-likeness (QED) is 0.612. The number of rotatable bonds is 2. The zero-order chi connectivity index (χ0) is 7.56. The molecule has 1 aromatic rings. The number of ether oxygens (including phenoxy) is 1. The first kappa shape index (κ1) is 7.28. The van der Waals surface area contributed by atoms with E-state index in [-0.39, 0.29) is 5.78 Å². The van der Waals surface area contributed by atoms with Crippen LogP contribution < -0.4 is 4.74 Å². The normalized spacial score (nSPS) is 9.40. The lowest BCUT2D eigenvalue weighted by Gasteiger charge is -1.95. The van der Waals surface area contributed by atoms with E-state index in [1.165, 1.54) is 18.3 Å². The Balaban J connectivity index is 3.01. The van der Waals surface area contributed by atoms with Crippen LogP contribution in [0.5, 0.6) is 5.75 Å². The number of hydrogen-bond acceptors (Lipinski definition) is 3. The van der Waals surface area contributed by atoms with Crippen LogP contribution in [0.3, 0.4) is 0 Å². The van der Waals surface area contributed by atoms with Gasteiger partial charge in [-0.25, -0.2) is 0 Å². The second-order valence-electron chi connectivity index (χ2n) is 1.91. The van der Waals surface area contributed by atoms with Gasteiger partial charge in [0.05, 0.1) is 12.7 Å². The molecule has 1 rings (SSSR count). The maximum Gasteiger partial charge on any atom is 0.164 e. The van der Waals surface area contributed by atoms with E-state index >= 15 is 0 Å². The van der Waals surface area contributed by atoms with E-state index in [1.54, 1.807) is 12.5 Å². The summed E-state index contributed by atoms with van der Waals surface area (Å²) < 4.78 is 4.94. The Hall–Kier alpha value is -0.830. The molecule has 0 spiro atoms. The Labute approximate surface area is 63.4 Å². The highest BCUT2D eigenvalue weighted by atomic mass is 32.1. The molecule has 0 radical (unpaired) electrons. The van der Waals surface area contributed by atoms with Crippen LogP contribution in [0.1, 0.15) is 17.3 Å². The van der Waals surface area contributed by atoms with E-state index in [0.717, 1.165) is 0 Å². The zero-order valence-electron chi connectivity index (χ0n) is 5.88. The topological polar surface area (TPSA) is 26.3 Å². The van der Waals surface area contributed by atoms with Gasteiger partial charge in [0, 0.05) is 10.8 Å². The summed E-state index contributed by atoms with van der Waals surface area (Å²) in [7, 11) is 1.56. The maximum absolute atomic E-state index is 10.8.